The predicted octanol–water partition coefficient (Wildman–Crippen LogP) is 1.99. The summed E-state index contributed by atoms with van der Waals surface area (Å²) in [4.78, 5) is 15.8. The molecule has 2 saturated heterocycles. The molecule has 5 heteroatoms. The van der Waals surface area contributed by atoms with Gasteiger partial charge in [0.25, 0.3) is 0 Å². The summed E-state index contributed by atoms with van der Waals surface area (Å²) in [5.41, 5.74) is 2.05. The lowest BCUT2D eigenvalue weighted by Crippen LogP contribution is -2.51. The van der Waals surface area contributed by atoms with Crippen LogP contribution in [0.25, 0.3) is 11.2 Å². The zero-order chi connectivity index (χ0) is 14.1. The molecule has 4 rings (SSSR count). The molecule has 2 aliphatic rings. The Morgan fingerprint density at radius 2 is 2.00 bits per heavy atom. The van der Waals surface area contributed by atoms with Crippen molar-refractivity contribution in [3.63, 3.8) is 0 Å². The maximum atomic E-state index is 4.71. The number of aromatic nitrogens is 3. The van der Waals surface area contributed by atoms with Crippen molar-refractivity contribution in [2.24, 2.45) is 5.41 Å². The number of hydrogen-bond acceptors (Lipinski definition) is 5. The van der Waals surface area contributed by atoms with E-state index in [1.165, 1.54) is 32.2 Å². The molecule has 1 unspecified atom stereocenters. The second kappa shape index (κ2) is 5.22. The summed E-state index contributed by atoms with van der Waals surface area (Å²) >= 11 is 0. The molecular formula is C16H21N5. The molecular weight excluding hydrogens is 262 g/mol. The smallest absolute Gasteiger partial charge is 0.180 e. The SMILES string of the molecule is c1cnc2nc(N3CCCC4(CCCNC4)C3)ccc2n1. The van der Waals surface area contributed by atoms with Crippen molar-refractivity contribution in [2.75, 3.05) is 31.1 Å². The zero-order valence-corrected chi connectivity index (χ0v) is 12.3. The van der Waals surface area contributed by atoms with Crippen LogP contribution in [-0.2, 0) is 0 Å². The van der Waals surface area contributed by atoms with Crippen LogP contribution in [0.2, 0.25) is 0 Å². The molecule has 0 radical (unpaired) electrons. The highest BCUT2D eigenvalue weighted by Crippen LogP contribution is 2.37. The zero-order valence-electron chi connectivity index (χ0n) is 12.3. The topological polar surface area (TPSA) is 53.9 Å². The van der Waals surface area contributed by atoms with E-state index < -0.39 is 0 Å². The molecule has 0 amide bonds. The van der Waals surface area contributed by atoms with E-state index >= 15 is 0 Å². The van der Waals surface area contributed by atoms with Gasteiger partial charge in [-0.25, -0.2) is 9.97 Å². The third-order valence-corrected chi connectivity index (χ3v) is 4.86. The number of nitrogens with zero attached hydrogens (tertiary/aromatic N) is 4. The molecule has 5 nitrogen and oxygen atoms in total. The number of anilines is 1. The molecule has 0 aromatic carbocycles. The molecule has 110 valence electrons. The molecule has 2 aromatic rings. The summed E-state index contributed by atoms with van der Waals surface area (Å²) in [6.07, 6.45) is 8.65. The van der Waals surface area contributed by atoms with Crippen LogP contribution in [0, 0.1) is 5.41 Å². The molecule has 0 saturated carbocycles. The molecule has 2 fully saturated rings. The van der Waals surface area contributed by atoms with Gasteiger partial charge >= 0.3 is 0 Å². The first kappa shape index (κ1) is 13.0. The fraction of sp³-hybridized carbons (Fsp3) is 0.562. The van der Waals surface area contributed by atoms with Crippen LogP contribution >= 0.6 is 0 Å². The minimum absolute atomic E-state index is 0.440. The van der Waals surface area contributed by atoms with E-state index in [0.29, 0.717) is 5.41 Å². The largest absolute Gasteiger partial charge is 0.356 e. The van der Waals surface area contributed by atoms with Gasteiger partial charge in [0.2, 0.25) is 0 Å². The fourth-order valence-electron chi connectivity index (χ4n) is 3.80. The number of pyridine rings is 1. The normalized spacial score (nSPS) is 26.4. The summed E-state index contributed by atoms with van der Waals surface area (Å²) in [7, 11) is 0. The molecule has 2 aromatic heterocycles. The monoisotopic (exact) mass is 283 g/mol. The van der Waals surface area contributed by atoms with Crippen LogP contribution in [-0.4, -0.2) is 41.1 Å². The number of piperidine rings is 2. The Balaban J connectivity index is 1.61. The lowest BCUT2D eigenvalue weighted by Gasteiger charge is -2.45. The van der Waals surface area contributed by atoms with Gasteiger partial charge in [0.05, 0.1) is 0 Å². The maximum absolute atomic E-state index is 4.71. The molecule has 1 atom stereocenters. The predicted molar refractivity (Wildman–Crippen MR) is 83.3 cm³/mol. The van der Waals surface area contributed by atoms with Gasteiger partial charge in [-0.05, 0) is 44.4 Å². The van der Waals surface area contributed by atoms with E-state index in [0.717, 1.165) is 36.6 Å². The highest BCUT2D eigenvalue weighted by atomic mass is 15.2. The Kier molecular flexibility index (Phi) is 3.22. The summed E-state index contributed by atoms with van der Waals surface area (Å²) in [5.74, 6) is 1.05. The summed E-state index contributed by atoms with van der Waals surface area (Å²) in [6.45, 7) is 4.53. The number of hydrogen-bond donors (Lipinski definition) is 1. The number of fused-ring (bicyclic) bond motifs is 1. The summed E-state index contributed by atoms with van der Waals surface area (Å²) in [6, 6.07) is 4.12. The third kappa shape index (κ3) is 2.46. The Morgan fingerprint density at radius 1 is 1.10 bits per heavy atom. The average Bonchev–Trinajstić information content (AvgIpc) is 2.55. The molecule has 21 heavy (non-hydrogen) atoms. The Morgan fingerprint density at radius 3 is 2.90 bits per heavy atom. The first-order valence-corrected chi connectivity index (χ1v) is 7.88. The Hall–Kier alpha value is -1.75. The number of nitrogens with one attached hydrogen (secondary N) is 1. The molecule has 4 heterocycles. The Labute approximate surface area is 124 Å². The van der Waals surface area contributed by atoms with Gasteiger partial charge < -0.3 is 10.2 Å². The highest BCUT2D eigenvalue weighted by Gasteiger charge is 2.36. The van der Waals surface area contributed by atoms with Crippen LogP contribution in [0.5, 0.6) is 0 Å². The second-order valence-electron chi connectivity index (χ2n) is 6.37. The van der Waals surface area contributed by atoms with Crippen LogP contribution in [0.1, 0.15) is 25.7 Å². The second-order valence-corrected chi connectivity index (χ2v) is 6.37. The van der Waals surface area contributed by atoms with E-state index in [1.807, 2.05) is 6.07 Å². The van der Waals surface area contributed by atoms with Crippen LogP contribution in [0.4, 0.5) is 5.82 Å². The molecule has 1 N–H and O–H groups in total. The van der Waals surface area contributed by atoms with Gasteiger partial charge in [-0.3, -0.25) is 4.98 Å². The minimum atomic E-state index is 0.440. The van der Waals surface area contributed by atoms with Crippen molar-refractivity contribution < 1.29 is 0 Å². The average molecular weight is 283 g/mol. The quantitative estimate of drug-likeness (QED) is 0.867. The third-order valence-electron chi connectivity index (χ3n) is 4.86. The van der Waals surface area contributed by atoms with Gasteiger partial charge in [-0.1, -0.05) is 0 Å². The van der Waals surface area contributed by atoms with Crippen molar-refractivity contribution in [1.82, 2.24) is 20.3 Å². The summed E-state index contributed by atoms with van der Waals surface area (Å²) in [5, 5.41) is 3.58. The molecule has 2 aliphatic heterocycles. The first-order chi connectivity index (χ1) is 10.3. The van der Waals surface area contributed by atoms with Crippen LogP contribution in [0.3, 0.4) is 0 Å². The molecule has 0 aliphatic carbocycles. The van der Waals surface area contributed by atoms with Gasteiger partial charge in [0.15, 0.2) is 5.65 Å². The van der Waals surface area contributed by atoms with Crippen molar-refractivity contribution >= 4 is 17.0 Å². The lowest BCUT2D eigenvalue weighted by molar-refractivity contribution is 0.173. The van der Waals surface area contributed by atoms with Gasteiger partial charge in [-0.2, -0.15) is 0 Å². The van der Waals surface area contributed by atoms with Crippen molar-refractivity contribution in [1.29, 1.82) is 0 Å². The maximum Gasteiger partial charge on any atom is 0.180 e. The van der Waals surface area contributed by atoms with Crippen LogP contribution in [0.15, 0.2) is 24.5 Å². The van der Waals surface area contributed by atoms with Crippen LogP contribution < -0.4 is 10.2 Å². The fourth-order valence-corrected chi connectivity index (χ4v) is 3.80. The van der Waals surface area contributed by atoms with E-state index in [-0.39, 0.29) is 0 Å². The molecule has 0 bridgehead atoms. The van der Waals surface area contributed by atoms with E-state index in [4.69, 9.17) is 4.98 Å². The van der Waals surface area contributed by atoms with E-state index in [9.17, 15) is 0 Å². The van der Waals surface area contributed by atoms with Crippen molar-refractivity contribution in [2.45, 2.75) is 25.7 Å². The molecule has 1 spiro atoms. The lowest BCUT2D eigenvalue weighted by atomic mass is 9.74. The van der Waals surface area contributed by atoms with Crippen molar-refractivity contribution in [3.05, 3.63) is 24.5 Å². The standard InChI is InChI=1S/C16H21N5/c1-5-16(11-17-7-1)6-2-10-21(12-16)14-4-3-13-15(20-14)19-9-8-18-13/h3-4,8-9,17H,1-2,5-7,10-12H2. The Bertz CT molecular complexity index is 630. The number of rotatable bonds is 1. The van der Waals surface area contributed by atoms with E-state index in [1.54, 1.807) is 12.4 Å². The van der Waals surface area contributed by atoms with Crippen molar-refractivity contribution in [3.8, 4) is 0 Å². The summed E-state index contributed by atoms with van der Waals surface area (Å²) < 4.78 is 0. The van der Waals surface area contributed by atoms with Gasteiger partial charge in [0, 0.05) is 37.4 Å². The van der Waals surface area contributed by atoms with Gasteiger partial charge in [-0.15, -0.1) is 0 Å². The highest BCUT2D eigenvalue weighted by molar-refractivity contribution is 5.71. The minimum Gasteiger partial charge on any atom is -0.356 e. The van der Waals surface area contributed by atoms with E-state index in [2.05, 4.69) is 26.3 Å². The first-order valence-electron chi connectivity index (χ1n) is 7.88. The van der Waals surface area contributed by atoms with Gasteiger partial charge in [0.1, 0.15) is 11.3 Å².